The molecular weight excluding hydrogens is 273 g/mol. The fourth-order valence-corrected chi connectivity index (χ4v) is 1.71. The van der Waals surface area contributed by atoms with Crippen LogP contribution in [0.1, 0.15) is 35.2 Å². The molecule has 0 saturated carbocycles. The van der Waals surface area contributed by atoms with E-state index in [9.17, 15) is 18.0 Å². The zero-order chi connectivity index (χ0) is 15.2. The lowest BCUT2D eigenvalue weighted by atomic mass is 10.1. The highest BCUT2D eigenvalue weighted by Crippen LogP contribution is 2.24. The Morgan fingerprint density at radius 2 is 1.95 bits per heavy atom. The number of carbonyl (C=O) groups excluding carboxylic acids is 1. The number of carbonyl (C=O) groups is 1. The Morgan fingerprint density at radius 3 is 2.55 bits per heavy atom. The van der Waals surface area contributed by atoms with Gasteiger partial charge in [-0.3, -0.25) is 0 Å². The maximum Gasteiger partial charge on any atom is 0.389 e. The van der Waals surface area contributed by atoms with Crippen LogP contribution < -0.4 is 4.74 Å². The van der Waals surface area contributed by atoms with Gasteiger partial charge in [0.15, 0.2) is 0 Å². The van der Waals surface area contributed by atoms with E-state index in [4.69, 9.17) is 4.74 Å². The van der Waals surface area contributed by atoms with Gasteiger partial charge in [0.2, 0.25) is 0 Å². The lowest BCUT2D eigenvalue weighted by Crippen LogP contribution is -2.09. The summed E-state index contributed by atoms with van der Waals surface area (Å²) in [5.41, 5.74) is 1.01. The smallest absolute Gasteiger partial charge is 0.389 e. The van der Waals surface area contributed by atoms with Crippen molar-refractivity contribution in [2.75, 3.05) is 13.7 Å². The largest absolute Gasteiger partial charge is 0.493 e. The van der Waals surface area contributed by atoms with E-state index in [0.717, 1.165) is 0 Å². The maximum absolute atomic E-state index is 12.0. The van der Waals surface area contributed by atoms with E-state index in [1.807, 2.05) is 0 Å². The van der Waals surface area contributed by atoms with E-state index in [1.165, 1.54) is 7.11 Å². The molecule has 0 spiro atoms. The fraction of sp³-hybridized carbons (Fsp3) is 0.500. The second-order valence-corrected chi connectivity index (χ2v) is 4.34. The molecule has 0 aliphatic rings. The predicted molar refractivity (Wildman–Crippen MR) is 67.9 cm³/mol. The summed E-state index contributed by atoms with van der Waals surface area (Å²) in [4.78, 5) is 11.5. The highest BCUT2D eigenvalue weighted by Gasteiger charge is 2.25. The number of hydrogen-bond acceptors (Lipinski definition) is 3. The summed E-state index contributed by atoms with van der Waals surface area (Å²) < 4.78 is 45.9. The summed E-state index contributed by atoms with van der Waals surface area (Å²) in [6.07, 6.45) is -4.60. The summed E-state index contributed by atoms with van der Waals surface area (Å²) >= 11 is 0. The molecule has 3 nitrogen and oxygen atoms in total. The second kappa shape index (κ2) is 7.17. The topological polar surface area (TPSA) is 35.5 Å². The predicted octanol–water partition coefficient (Wildman–Crippen LogP) is 3.89. The molecule has 0 radical (unpaired) electrons. The third kappa shape index (κ3) is 5.11. The van der Waals surface area contributed by atoms with Crippen molar-refractivity contribution in [2.45, 2.75) is 32.4 Å². The van der Waals surface area contributed by atoms with Crippen LogP contribution in [0.25, 0.3) is 0 Å². The average Bonchev–Trinajstić information content (AvgIpc) is 2.38. The van der Waals surface area contributed by atoms with Gasteiger partial charge in [-0.25, -0.2) is 4.79 Å². The van der Waals surface area contributed by atoms with Crippen LogP contribution in [0.2, 0.25) is 0 Å². The molecule has 6 heteroatoms. The van der Waals surface area contributed by atoms with Crippen molar-refractivity contribution in [1.82, 2.24) is 0 Å². The minimum absolute atomic E-state index is 0.0270. The summed E-state index contributed by atoms with van der Waals surface area (Å²) in [7, 11) is 1.28. The molecule has 0 N–H and O–H groups in total. The average molecular weight is 290 g/mol. The first-order chi connectivity index (χ1) is 9.35. The number of esters is 1. The van der Waals surface area contributed by atoms with Crippen LogP contribution in [-0.4, -0.2) is 25.9 Å². The summed E-state index contributed by atoms with van der Waals surface area (Å²) in [5, 5.41) is 0. The Labute approximate surface area is 115 Å². The molecule has 0 saturated heterocycles. The molecule has 0 fully saturated rings. The number of unbranched alkanes of at least 4 members (excludes halogenated alkanes) is 1. The number of benzene rings is 1. The van der Waals surface area contributed by atoms with E-state index in [2.05, 4.69) is 4.74 Å². The van der Waals surface area contributed by atoms with E-state index in [0.29, 0.717) is 23.3 Å². The summed E-state index contributed by atoms with van der Waals surface area (Å²) in [5.74, 6) is 0.0185. The van der Waals surface area contributed by atoms with Gasteiger partial charge in [0.05, 0.1) is 19.3 Å². The summed E-state index contributed by atoms with van der Waals surface area (Å²) in [6, 6.07) is 4.92. The van der Waals surface area contributed by atoms with E-state index in [-0.39, 0.29) is 13.0 Å². The zero-order valence-corrected chi connectivity index (χ0v) is 11.4. The molecule has 0 aromatic heterocycles. The van der Waals surface area contributed by atoms with Crippen molar-refractivity contribution in [3.05, 3.63) is 29.3 Å². The molecule has 1 aromatic rings. The number of alkyl halides is 3. The number of halogens is 3. The molecular formula is C14H17F3O3. The highest BCUT2D eigenvalue weighted by molar-refractivity contribution is 5.91. The normalized spacial score (nSPS) is 11.2. The molecule has 20 heavy (non-hydrogen) atoms. The molecule has 0 heterocycles. The molecule has 0 bridgehead atoms. The Kier molecular flexibility index (Phi) is 5.85. The third-order valence-corrected chi connectivity index (χ3v) is 2.80. The standard InChI is InChI=1S/C14H17F3O3/c1-10-11(13(18)19-2)6-5-7-12(10)20-9-4-3-8-14(15,16)17/h5-7H,3-4,8-9H2,1-2H3. The van der Waals surface area contributed by atoms with Crippen LogP contribution in [0, 0.1) is 6.92 Å². The van der Waals surface area contributed by atoms with Crippen molar-refractivity contribution >= 4 is 5.97 Å². The van der Waals surface area contributed by atoms with Crippen LogP contribution >= 0.6 is 0 Å². The molecule has 1 rings (SSSR count). The van der Waals surface area contributed by atoms with Gasteiger partial charge in [-0.15, -0.1) is 0 Å². The third-order valence-electron chi connectivity index (χ3n) is 2.80. The highest BCUT2D eigenvalue weighted by atomic mass is 19.4. The lowest BCUT2D eigenvalue weighted by Gasteiger charge is -2.12. The second-order valence-electron chi connectivity index (χ2n) is 4.34. The summed E-state index contributed by atoms with van der Waals surface area (Å²) in [6.45, 7) is 1.89. The Morgan fingerprint density at radius 1 is 1.25 bits per heavy atom. The van der Waals surface area contributed by atoms with Gasteiger partial charge in [-0.05, 0) is 31.9 Å². The van der Waals surface area contributed by atoms with Gasteiger partial charge in [0, 0.05) is 12.0 Å². The molecule has 0 unspecified atom stereocenters. The zero-order valence-electron chi connectivity index (χ0n) is 11.4. The van der Waals surface area contributed by atoms with Crippen molar-refractivity contribution in [3.8, 4) is 5.75 Å². The monoisotopic (exact) mass is 290 g/mol. The fourth-order valence-electron chi connectivity index (χ4n) is 1.71. The quantitative estimate of drug-likeness (QED) is 0.589. The van der Waals surface area contributed by atoms with Crippen molar-refractivity contribution < 1.29 is 27.4 Å². The van der Waals surface area contributed by atoms with Gasteiger partial charge in [0.25, 0.3) is 0 Å². The number of rotatable bonds is 6. The molecule has 0 amide bonds. The van der Waals surface area contributed by atoms with Gasteiger partial charge < -0.3 is 9.47 Å². The molecule has 112 valence electrons. The van der Waals surface area contributed by atoms with Crippen LogP contribution in [0.5, 0.6) is 5.75 Å². The Hall–Kier alpha value is -1.72. The van der Waals surface area contributed by atoms with Crippen LogP contribution in [0.3, 0.4) is 0 Å². The van der Waals surface area contributed by atoms with Gasteiger partial charge in [-0.1, -0.05) is 6.07 Å². The first-order valence-corrected chi connectivity index (χ1v) is 6.22. The molecule has 0 aliphatic heterocycles. The molecule has 0 atom stereocenters. The SMILES string of the molecule is COC(=O)c1cccc(OCCCCC(F)(F)F)c1C. The Bertz CT molecular complexity index is 455. The maximum atomic E-state index is 12.0. The van der Waals surface area contributed by atoms with Crippen molar-refractivity contribution in [1.29, 1.82) is 0 Å². The first-order valence-electron chi connectivity index (χ1n) is 6.22. The van der Waals surface area contributed by atoms with Crippen LogP contribution in [0.15, 0.2) is 18.2 Å². The van der Waals surface area contributed by atoms with Crippen molar-refractivity contribution in [2.24, 2.45) is 0 Å². The first kappa shape index (κ1) is 16.3. The molecule has 0 aliphatic carbocycles. The van der Waals surface area contributed by atoms with E-state index >= 15 is 0 Å². The van der Waals surface area contributed by atoms with Gasteiger partial charge in [-0.2, -0.15) is 13.2 Å². The van der Waals surface area contributed by atoms with Crippen molar-refractivity contribution in [3.63, 3.8) is 0 Å². The minimum atomic E-state index is -4.12. The lowest BCUT2D eigenvalue weighted by molar-refractivity contribution is -0.135. The van der Waals surface area contributed by atoms with Gasteiger partial charge >= 0.3 is 12.1 Å². The number of methoxy groups -OCH3 is 1. The number of hydrogen-bond donors (Lipinski definition) is 0. The van der Waals surface area contributed by atoms with E-state index < -0.39 is 18.6 Å². The minimum Gasteiger partial charge on any atom is -0.493 e. The van der Waals surface area contributed by atoms with Crippen LogP contribution in [-0.2, 0) is 4.74 Å². The van der Waals surface area contributed by atoms with Gasteiger partial charge in [0.1, 0.15) is 5.75 Å². The molecule has 1 aromatic carbocycles. The number of ether oxygens (including phenoxy) is 2. The Balaban J connectivity index is 2.51. The van der Waals surface area contributed by atoms with Crippen LogP contribution in [0.4, 0.5) is 13.2 Å². The van der Waals surface area contributed by atoms with E-state index in [1.54, 1.807) is 25.1 Å².